The van der Waals surface area contributed by atoms with E-state index < -0.39 is 47.4 Å². The van der Waals surface area contributed by atoms with Gasteiger partial charge in [-0.1, -0.05) is 12.1 Å². The zero-order valence-electron chi connectivity index (χ0n) is 19.4. The molecular formula is C23H23F6N5O2. The van der Waals surface area contributed by atoms with E-state index in [1.165, 1.54) is 36.9 Å². The summed E-state index contributed by atoms with van der Waals surface area (Å²) in [6, 6.07) is 3.61. The van der Waals surface area contributed by atoms with E-state index in [9.17, 15) is 32.2 Å². The molecule has 3 heterocycles. The number of aliphatic hydroxyl groups excluding tert-OH is 2. The number of benzene rings is 1. The quantitative estimate of drug-likeness (QED) is 0.421. The lowest BCUT2D eigenvalue weighted by molar-refractivity contribution is -0.140. The minimum atomic E-state index is -4.78. The highest BCUT2D eigenvalue weighted by molar-refractivity contribution is 5.93. The standard InChI is InChI=1S/C23H23F6N5O2/c1-10(14-5-4-6-16(18(14)24)22(25,26)12(3)35)30-21-15-7-17(34-8-13(36)9-34)20(23(27,28)29)31-19(15)11(2)32-33-21/h4-7,10,12-13,35-36H,8-9H2,1-3H3,(H,30,33)/t10-,12?/m1/s1. The fourth-order valence-corrected chi connectivity index (χ4v) is 4.04. The highest BCUT2D eigenvalue weighted by atomic mass is 19.4. The first-order valence-electron chi connectivity index (χ1n) is 11.0. The molecule has 0 bridgehead atoms. The minimum Gasteiger partial charge on any atom is -0.389 e. The van der Waals surface area contributed by atoms with Crippen LogP contribution >= 0.6 is 0 Å². The maximum atomic E-state index is 15.1. The van der Waals surface area contributed by atoms with E-state index in [2.05, 4.69) is 20.5 Å². The SMILES string of the molecule is Cc1nnc(N[C@H](C)c2cccc(C(F)(F)C(C)O)c2F)c2cc(N3CC(O)C3)c(C(F)(F)F)nc12. The molecule has 2 atom stereocenters. The molecule has 1 aliphatic rings. The fourth-order valence-electron chi connectivity index (χ4n) is 4.04. The number of β-amino-alcohol motifs (C(OH)–C–C–N with tert-alkyl or cyclic N) is 1. The van der Waals surface area contributed by atoms with Gasteiger partial charge < -0.3 is 20.4 Å². The first kappa shape index (κ1) is 25.9. The molecule has 1 saturated heterocycles. The number of nitrogens with one attached hydrogen (secondary N) is 1. The molecule has 13 heteroatoms. The molecule has 2 aromatic heterocycles. The molecule has 7 nitrogen and oxygen atoms in total. The highest BCUT2D eigenvalue weighted by Gasteiger charge is 2.42. The number of pyridine rings is 1. The number of aryl methyl sites for hydroxylation is 1. The van der Waals surface area contributed by atoms with E-state index in [0.29, 0.717) is 0 Å². The molecule has 1 unspecified atom stereocenters. The number of hydrogen-bond acceptors (Lipinski definition) is 7. The van der Waals surface area contributed by atoms with Gasteiger partial charge in [0, 0.05) is 24.0 Å². The Morgan fingerprint density at radius 3 is 2.36 bits per heavy atom. The summed E-state index contributed by atoms with van der Waals surface area (Å²) in [6.07, 6.45) is -7.68. The Morgan fingerprint density at radius 2 is 1.78 bits per heavy atom. The molecule has 3 aromatic rings. The zero-order chi connectivity index (χ0) is 26.6. The van der Waals surface area contributed by atoms with Gasteiger partial charge in [0.2, 0.25) is 0 Å². The molecule has 0 spiro atoms. The van der Waals surface area contributed by atoms with Crippen molar-refractivity contribution in [2.45, 2.75) is 51.1 Å². The summed E-state index contributed by atoms with van der Waals surface area (Å²) < 4.78 is 85.0. The molecular weight excluding hydrogens is 492 g/mol. The Morgan fingerprint density at radius 1 is 1.11 bits per heavy atom. The Labute approximate surface area is 201 Å². The molecule has 3 N–H and O–H groups in total. The lowest BCUT2D eigenvalue weighted by Gasteiger charge is -2.39. The second kappa shape index (κ2) is 9.04. The van der Waals surface area contributed by atoms with Crippen molar-refractivity contribution in [2.75, 3.05) is 23.3 Å². The molecule has 1 aliphatic heterocycles. The first-order valence-corrected chi connectivity index (χ1v) is 11.0. The van der Waals surface area contributed by atoms with Crippen LogP contribution in [0.4, 0.5) is 37.8 Å². The smallest absolute Gasteiger partial charge is 0.389 e. The Balaban J connectivity index is 1.78. The first-order chi connectivity index (χ1) is 16.7. The molecule has 0 saturated carbocycles. The summed E-state index contributed by atoms with van der Waals surface area (Å²) >= 11 is 0. The third kappa shape index (κ3) is 4.52. The topological polar surface area (TPSA) is 94.4 Å². The van der Waals surface area contributed by atoms with Crippen LogP contribution < -0.4 is 10.2 Å². The molecule has 1 aromatic carbocycles. The number of alkyl halides is 5. The second-order valence-corrected chi connectivity index (χ2v) is 8.82. The summed E-state index contributed by atoms with van der Waals surface area (Å²) in [6.45, 7) is 3.72. The van der Waals surface area contributed by atoms with Gasteiger partial charge in [0.05, 0.1) is 34.6 Å². The van der Waals surface area contributed by atoms with Crippen LogP contribution in [0.1, 0.15) is 42.4 Å². The Hall–Kier alpha value is -3.19. The van der Waals surface area contributed by atoms with Crippen molar-refractivity contribution in [3.05, 3.63) is 52.6 Å². The largest absolute Gasteiger partial charge is 0.435 e. The highest BCUT2D eigenvalue weighted by Crippen LogP contribution is 2.41. The molecule has 194 valence electrons. The van der Waals surface area contributed by atoms with Gasteiger partial charge in [-0.2, -0.15) is 27.1 Å². The van der Waals surface area contributed by atoms with Gasteiger partial charge in [-0.05, 0) is 32.9 Å². The van der Waals surface area contributed by atoms with Crippen LogP contribution in [-0.4, -0.2) is 50.7 Å². The van der Waals surface area contributed by atoms with Gasteiger partial charge in [0.15, 0.2) is 11.5 Å². The maximum absolute atomic E-state index is 15.1. The average molecular weight is 515 g/mol. The van der Waals surface area contributed by atoms with Crippen LogP contribution in [0.2, 0.25) is 0 Å². The zero-order valence-corrected chi connectivity index (χ0v) is 19.4. The van der Waals surface area contributed by atoms with Crippen LogP contribution in [0, 0.1) is 12.7 Å². The van der Waals surface area contributed by atoms with Gasteiger partial charge in [-0.15, -0.1) is 5.10 Å². The van der Waals surface area contributed by atoms with Crippen molar-refractivity contribution in [3.8, 4) is 0 Å². The Kier molecular flexibility index (Phi) is 6.50. The summed E-state index contributed by atoms with van der Waals surface area (Å²) in [4.78, 5) is 5.13. The van der Waals surface area contributed by atoms with Gasteiger partial charge in [0.25, 0.3) is 0 Å². The number of aliphatic hydroxyl groups is 2. The molecule has 36 heavy (non-hydrogen) atoms. The summed E-state index contributed by atoms with van der Waals surface area (Å²) in [5.41, 5.74) is -2.53. The number of fused-ring (bicyclic) bond motifs is 1. The third-order valence-electron chi connectivity index (χ3n) is 6.10. The molecule has 0 aliphatic carbocycles. The summed E-state index contributed by atoms with van der Waals surface area (Å²) in [5, 5.41) is 29.8. The van der Waals surface area contributed by atoms with E-state index in [1.54, 1.807) is 0 Å². The fraction of sp³-hybridized carbons (Fsp3) is 0.435. The predicted octanol–water partition coefficient (Wildman–Crippen LogP) is 4.32. The normalized spacial score (nSPS) is 16.7. The predicted molar refractivity (Wildman–Crippen MR) is 119 cm³/mol. The van der Waals surface area contributed by atoms with Crippen molar-refractivity contribution in [3.63, 3.8) is 0 Å². The number of aromatic nitrogens is 3. The lowest BCUT2D eigenvalue weighted by Crippen LogP contribution is -2.51. The number of anilines is 2. The Bertz CT molecular complexity index is 1290. The monoisotopic (exact) mass is 515 g/mol. The van der Waals surface area contributed by atoms with Gasteiger partial charge in [-0.3, -0.25) is 0 Å². The van der Waals surface area contributed by atoms with Crippen LogP contribution in [0.3, 0.4) is 0 Å². The second-order valence-electron chi connectivity index (χ2n) is 8.82. The van der Waals surface area contributed by atoms with Crippen LogP contribution in [-0.2, 0) is 12.1 Å². The van der Waals surface area contributed by atoms with E-state index >= 15 is 4.39 Å². The average Bonchev–Trinajstić information content (AvgIpc) is 2.77. The van der Waals surface area contributed by atoms with Crippen molar-refractivity contribution in [1.82, 2.24) is 15.2 Å². The van der Waals surface area contributed by atoms with Crippen LogP contribution in [0.25, 0.3) is 10.9 Å². The number of nitrogens with zero attached hydrogens (tertiary/aromatic N) is 4. The summed E-state index contributed by atoms with van der Waals surface area (Å²) in [5.74, 6) is -5.11. The van der Waals surface area contributed by atoms with E-state index in [1.807, 2.05) is 0 Å². The van der Waals surface area contributed by atoms with E-state index in [0.717, 1.165) is 13.0 Å². The maximum Gasteiger partial charge on any atom is 0.435 e. The lowest BCUT2D eigenvalue weighted by atomic mass is 9.97. The van der Waals surface area contributed by atoms with Crippen molar-refractivity contribution < 1.29 is 36.6 Å². The van der Waals surface area contributed by atoms with Crippen LogP contribution in [0.5, 0.6) is 0 Å². The minimum absolute atomic E-state index is 0.0115. The third-order valence-corrected chi connectivity index (χ3v) is 6.10. The van der Waals surface area contributed by atoms with Crippen molar-refractivity contribution in [1.29, 1.82) is 0 Å². The van der Waals surface area contributed by atoms with Crippen molar-refractivity contribution >= 4 is 22.4 Å². The van der Waals surface area contributed by atoms with Gasteiger partial charge in [-0.25, -0.2) is 9.37 Å². The molecule has 0 radical (unpaired) electrons. The molecule has 4 rings (SSSR count). The van der Waals surface area contributed by atoms with E-state index in [4.69, 9.17) is 0 Å². The summed E-state index contributed by atoms with van der Waals surface area (Å²) in [7, 11) is 0. The molecule has 0 amide bonds. The van der Waals surface area contributed by atoms with E-state index in [-0.39, 0.29) is 46.8 Å². The number of rotatable bonds is 6. The molecule has 1 fully saturated rings. The van der Waals surface area contributed by atoms with Gasteiger partial charge >= 0.3 is 12.1 Å². The van der Waals surface area contributed by atoms with Crippen molar-refractivity contribution in [2.24, 2.45) is 0 Å². The number of halogens is 6. The van der Waals surface area contributed by atoms with Gasteiger partial charge in [0.1, 0.15) is 11.9 Å². The number of hydrogen-bond donors (Lipinski definition) is 3. The van der Waals surface area contributed by atoms with Crippen LogP contribution in [0.15, 0.2) is 24.3 Å².